The lowest BCUT2D eigenvalue weighted by Crippen LogP contribution is -2.29. The van der Waals surface area contributed by atoms with Crippen LogP contribution in [-0.4, -0.2) is 12.5 Å². The molecule has 2 aliphatic rings. The van der Waals surface area contributed by atoms with Crippen molar-refractivity contribution in [2.45, 2.75) is 32.6 Å². The van der Waals surface area contributed by atoms with E-state index in [9.17, 15) is 4.79 Å². The van der Waals surface area contributed by atoms with E-state index in [2.05, 4.69) is 5.32 Å². The molecule has 2 saturated carbocycles. The largest absolute Gasteiger partial charge is 0.356 e. The van der Waals surface area contributed by atoms with Crippen LogP contribution in [-0.2, 0) is 4.79 Å². The fourth-order valence-electron chi connectivity index (χ4n) is 1.89. The molecule has 0 atom stereocenters. The van der Waals surface area contributed by atoms with Crippen LogP contribution in [0.3, 0.4) is 0 Å². The third kappa shape index (κ3) is 1.39. The highest BCUT2D eigenvalue weighted by atomic mass is 16.1. The number of nitrogens with one attached hydrogen (secondary N) is 1. The van der Waals surface area contributed by atoms with Gasteiger partial charge in [0, 0.05) is 13.5 Å². The third-order valence-corrected chi connectivity index (χ3v) is 3.03. The van der Waals surface area contributed by atoms with Gasteiger partial charge in [-0.2, -0.15) is 0 Å². The number of rotatable bonds is 3. The second-order valence-corrected chi connectivity index (χ2v) is 4.05. The Hall–Kier alpha value is -0.530. The van der Waals surface area contributed by atoms with E-state index in [1.807, 2.05) is 0 Å². The molecule has 2 fully saturated rings. The summed E-state index contributed by atoms with van der Waals surface area (Å²) >= 11 is 0. The lowest BCUT2D eigenvalue weighted by molar-refractivity contribution is -0.119. The van der Waals surface area contributed by atoms with Crippen molar-refractivity contribution in [3.8, 4) is 0 Å². The van der Waals surface area contributed by atoms with Gasteiger partial charge in [0.05, 0.1) is 0 Å². The van der Waals surface area contributed by atoms with Gasteiger partial charge in [0.2, 0.25) is 5.91 Å². The Balaban J connectivity index is 1.80. The molecule has 0 aromatic carbocycles. The van der Waals surface area contributed by atoms with Crippen LogP contribution in [0, 0.1) is 11.3 Å². The van der Waals surface area contributed by atoms with E-state index in [-0.39, 0.29) is 5.91 Å². The summed E-state index contributed by atoms with van der Waals surface area (Å²) in [4.78, 5) is 10.7. The monoisotopic (exact) mass is 153 g/mol. The first kappa shape index (κ1) is 7.14. The van der Waals surface area contributed by atoms with Gasteiger partial charge in [0.15, 0.2) is 0 Å². The highest BCUT2D eigenvalue weighted by Gasteiger charge is 2.53. The number of carbonyl (C=O) groups is 1. The molecule has 2 aliphatic carbocycles. The van der Waals surface area contributed by atoms with Gasteiger partial charge in [0.25, 0.3) is 0 Å². The fraction of sp³-hybridized carbons (Fsp3) is 0.889. The molecule has 0 saturated heterocycles. The van der Waals surface area contributed by atoms with E-state index in [0.29, 0.717) is 5.41 Å². The van der Waals surface area contributed by atoms with Crippen molar-refractivity contribution in [2.75, 3.05) is 6.54 Å². The Morgan fingerprint density at radius 2 is 2.18 bits per heavy atom. The summed E-state index contributed by atoms with van der Waals surface area (Å²) in [6.07, 6.45) is 5.50. The molecule has 0 radical (unpaired) electrons. The Kier molecular flexibility index (Phi) is 1.44. The highest BCUT2D eigenvalue weighted by Crippen LogP contribution is 2.60. The molecular formula is C9H15NO. The maximum Gasteiger partial charge on any atom is 0.216 e. The first-order valence-electron chi connectivity index (χ1n) is 4.47. The van der Waals surface area contributed by atoms with Gasteiger partial charge in [-0.25, -0.2) is 0 Å². The van der Waals surface area contributed by atoms with E-state index >= 15 is 0 Å². The average molecular weight is 153 g/mol. The van der Waals surface area contributed by atoms with Gasteiger partial charge in [0.1, 0.15) is 0 Å². The second-order valence-electron chi connectivity index (χ2n) is 4.05. The SMILES string of the molecule is CC(=O)NCC1(C2CC2)CC1. The van der Waals surface area contributed by atoms with Crippen molar-refractivity contribution < 1.29 is 4.79 Å². The van der Waals surface area contributed by atoms with Crippen LogP contribution >= 0.6 is 0 Å². The van der Waals surface area contributed by atoms with E-state index in [0.717, 1.165) is 12.5 Å². The third-order valence-electron chi connectivity index (χ3n) is 3.03. The summed E-state index contributed by atoms with van der Waals surface area (Å²) in [7, 11) is 0. The summed E-state index contributed by atoms with van der Waals surface area (Å²) in [5.41, 5.74) is 0.561. The summed E-state index contributed by atoms with van der Waals surface area (Å²) in [6, 6.07) is 0. The van der Waals surface area contributed by atoms with Crippen LogP contribution in [0.15, 0.2) is 0 Å². The summed E-state index contributed by atoms with van der Waals surface area (Å²) in [5, 5.41) is 2.93. The zero-order chi connectivity index (χ0) is 7.90. The van der Waals surface area contributed by atoms with Crippen LogP contribution in [0.25, 0.3) is 0 Å². The number of hydrogen-bond donors (Lipinski definition) is 1. The van der Waals surface area contributed by atoms with E-state index < -0.39 is 0 Å². The zero-order valence-corrected chi connectivity index (χ0v) is 7.02. The van der Waals surface area contributed by atoms with Gasteiger partial charge >= 0.3 is 0 Å². The van der Waals surface area contributed by atoms with E-state index in [4.69, 9.17) is 0 Å². The van der Waals surface area contributed by atoms with E-state index in [1.54, 1.807) is 6.92 Å². The Bertz CT molecular complexity index is 180. The molecule has 1 amide bonds. The molecule has 0 heterocycles. The first-order chi connectivity index (χ1) is 5.23. The molecule has 2 heteroatoms. The lowest BCUT2D eigenvalue weighted by Gasteiger charge is -2.13. The van der Waals surface area contributed by atoms with Gasteiger partial charge in [-0.1, -0.05) is 0 Å². The minimum absolute atomic E-state index is 0.122. The smallest absolute Gasteiger partial charge is 0.216 e. The zero-order valence-electron chi connectivity index (χ0n) is 7.02. The van der Waals surface area contributed by atoms with Crippen molar-refractivity contribution in [1.82, 2.24) is 5.32 Å². The highest BCUT2D eigenvalue weighted by molar-refractivity contribution is 5.72. The minimum Gasteiger partial charge on any atom is -0.356 e. The van der Waals surface area contributed by atoms with Crippen molar-refractivity contribution in [1.29, 1.82) is 0 Å². The van der Waals surface area contributed by atoms with Gasteiger partial charge < -0.3 is 5.32 Å². The maximum absolute atomic E-state index is 10.7. The van der Waals surface area contributed by atoms with Crippen molar-refractivity contribution in [3.05, 3.63) is 0 Å². The molecule has 0 aromatic heterocycles. The summed E-state index contributed by atoms with van der Waals surface area (Å²) in [5.74, 6) is 1.08. The predicted octanol–water partition coefficient (Wildman–Crippen LogP) is 1.31. The number of amides is 1. The molecule has 0 aliphatic heterocycles. The van der Waals surface area contributed by atoms with Crippen molar-refractivity contribution in [2.24, 2.45) is 11.3 Å². The quantitative estimate of drug-likeness (QED) is 0.650. The molecule has 62 valence electrons. The van der Waals surface area contributed by atoms with E-state index in [1.165, 1.54) is 25.7 Å². The lowest BCUT2D eigenvalue weighted by atomic mass is 10.0. The molecule has 2 nitrogen and oxygen atoms in total. The molecule has 0 bridgehead atoms. The van der Waals surface area contributed by atoms with Crippen LogP contribution in [0.1, 0.15) is 32.6 Å². The average Bonchev–Trinajstić information content (AvgIpc) is 2.79. The number of carbonyl (C=O) groups excluding carboxylic acids is 1. The summed E-state index contributed by atoms with van der Waals surface area (Å²) < 4.78 is 0. The van der Waals surface area contributed by atoms with Crippen LogP contribution in [0.5, 0.6) is 0 Å². The topological polar surface area (TPSA) is 29.1 Å². The number of hydrogen-bond acceptors (Lipinski definition) is 1. The summed E-state index contributed by atoms with van der Waals surface area (Å²) in [6.45, 7) is 2.54. The molecule has 0 spiro atoms. The Morgan fingerprint density at radius 3 is 2.55 bits per heavy atom. The normalized spacial score (nSPS) is 26.3. The van der Waals surface area contributed by atoms with Gasteiger partial charge in [-0.05, 0) is 37.0 Å². The Labute approximate surface area is 67.4 Å². The molecule has 2 rings (SSSR count). The van der Waals surface area contributed by atoms with Gasteiger partial charge in [-0.15, -0.1) is 0 Å². The second kappa shape index (κ2) is 2.23. The van der Waals surface area contributed by atoms with Crippen molar-refractivity contribution >= 4 is 5.91 Å². The molecular weight excluding hydrogens is 138 g/mol. The first-order valence-corrected chi connectivity index (χ1v) is 4.47. The molecule has 0 aromatic rings. The molecule has 11 heavy (non-hydrogen) atoms. The van der Waals surface area contributed by atoms with Crippen molar-refractivity contribution in [3.63, 3.8) is 0 Å². The van der Waals surface area contributed by atoms with Crippen LogP contribution < -0.4 is 5.32 Å². The fourth-order valence-corrected chi connectivity index (χ4v) is 1.89. The maximum atomic E-state index is 10.7. The molecule has 0 unspecified atom stereocenters. The van der Waals surface area contributed by atoms with Gasteiger partial charge in [-0.3, -0.25) is 4.79 Å². The standard InChI is InChI=1S/C9H15NO/c1-7(11)10-6-9(4-5-9)8-2-3-8/h8H,2-6H2,1H3,(H,10,11). The van der Waals surface area contributed by atoms with Crippen LogP contribution in [0.4, 0.5) is 0 Å². The predicted molar refractivity (Wildman–Crippen MR) is 43.1 cm³/mol. The van der Waals surface area contributed by atoms with Crippen LogP contribution in [0.2, 0.25) is 0 Å². The molecule has 1 N–H and O–H groups in total. The minimum atomic E-state index is 0.122. The Morgan fingerprint density at radius 1 is 1.55 bits per heavy atom.